The molecule has 0 N–H and O–H groups in total. The summed E-state index contributed by atoms with van der Waals surface area (Å²) in [4.78, 5) is 14.6. The molecule has 0 aliphatic heterocycles. The number of nitrogens with zero attached hydrogens (tertiary/aromatic N) is 2. The van der Waals surface area contributed by atoms with E-state index >= 15 is 0 Å². The lowest BCUT2D eigenvalue weighted by molar-refractivity contribution is 0.0976. The highest BCUT2D eigenvalue weighted by molar-refractivity contribution is 7.89. The number of sulfonamides is 1. The first-order chi connectivity index (χ1) is 13.1. The molecule has 0 aliphatic rings. The fraction of sp³-hybridized carbons (Fsp3) is 0.381. The van der Waals surface area contributed by atoms with E-state index in [-0.39, 0.29) is 16.5 Å². The minimum Gasteiger partial charge on any atom is -0.306 e. The van der Waals surface area contributed by atoms with E-state index in [0.717, 1.165) is 17.7 Å². The van der Waals surface area contributed by atoms with Crippen LogP contribution in [-0.4, -0.2) is 37.8 Å². The van der Waals surface area contributed by atoms with Crippen molar-refractivity contribution in [2.75, 3.05) is 18.0 Å². The molecule has 2 aromatic rings. The number of carbonyl (C=O) groups is 1. The predicted molar refractivity (Wildman–Crippen MR) is 110 cm³/mol. The van der Waals surface area contributed by atoms with E-state index in [2.05, 4.69) is 0 Å². The fourth-order valence-electron chi connectivity index (χ4n) is 3.13. The van der Waals surface area contributed by atoms with Gasteiger partial charge in [-0.15, -0.1) is 0 Å². The fourth-order valence-corrected chi connectivity index (χ4v) is 4.61. The van der Waals surface area contributed by atoms with Crippen molar-refractivity contribution >= 4 is 21.6 Å². The van der Waals surface area contributed by atoms with Crippen LogP contribution in [-0.2, 0) is 10.0 Å². The molecule has 0 spiro atoms. The van der Waals surface area contributed by atoms with Crippen LogP contribution in [0.25, 0.3) is 0 Å². The topological polar surface area (TPSA) is 57.7 Å². The Bertz CT molecular complexity index is 954. The number of halogens is 1. The average Bonchev–Trinajstić information content (AvgIpc) is 2.64. The van der Waals surface area contributed by atoms with Crippen LogP contribution >= 0.6 is 0 Å². The second-order valence-electron chi connectivity index (χ2n) is 6.79. The first kappa shape index (κ1) is 22.0. The molecule has 152 valence electrons. The first-order valence-corrected chi connectivity index (χ1v) is 10.8. The first-order valence-electron chi connectivity index (χ1n) is 9.34. The Labute approximate surface area is 166 Å². The molecule has 5 nitrogen and oxygen atoms in total. The van der Waals surface area contributed by atoms with Crippen molar-refractivity contribution in [3.8, 4) is 0 Å². The summed E-state index contributed by atoms with van der Waals surface area (Å²) in [5, 5.41) is 0. The Morgan fingerprint density at radius 3 is 2.21 bits per heavy atom. The van der Waals surface area contributed by atoms with Crippen LogP contribution in [0.5, 0.6) is 0 Å². The number of rotatable bonds is 7. The number of benzene rings is 2. The molecule has 0 fully saturated rings. The summed E-state index contributed by atoms with van der Waals surface area (Å²) in [7, 11) is -3.80. The number of para-hydroxylation sites is 1. The van der Waals surface area contributed by atoms with Gasteiger partial charge in [-0.1, -0.05) is 32.0 Å². The van der Waals surface area contributed by atoms with Crippen molar-refractivity contribution in [1.82, 2.24) is 4.31 Å². The number of hydrogen-bond donors (Lipinski definition) is 0. The largest absolute Gasteiger partial charge is 0.306 e. The van der Waals surface area contributed by atoms with Gasteiger partial charge in [-0.25, -0.2) is 12.8 Å². The molecule has 0 heterocycles. The van der Waals surface area contributed by atoms with E-state index in [1.807, 2.05) is 39.0 Å². The SMILES string of the molecule is CCN(CC)S(=O)(=O)c1ccc(F)c(C(=O)N(c2ccccc2C)C(C)C)c1. The Balaban J connectivity index is 2.57. The van der Waals surface area contributed by atoms with Crippen LogP contribution in [0.15, 0.2) is 47.4 Å². The lowest BCUT2D eigenvalue weighted by Gasteiger charge is -2.29. The average molecular weight is 407 g/mol. The molecule has 0 radical (unpaired) electrons. The van der Waals surface area contributed by atoms with Crippen molar-refractivity contribution in [2.45, 2.75) is 45.6 Å². The van der Waals surface area contributed by atoms with Crippen molar-refractivity contribution in [1.29, 1.82) is 0 Å². The molecule has 0 aromatic heterocycles. The summed E-state index contributed by atoms with van der Waals surface area (Å²) in [5.74, 6) is -1.32. The van der Waals surface area contributed by atoms with Crippen LogP contribution in [0.4, 0.5) is 10.1 Å². The maximum Gasteiger partial charge on any atom is 0.261 e. The molecule has 2 rings (SSSR count). The van der Waals surface area contributed by atoms with Crippen LogP contribution < -0.4 is 4.90 Å². The van der Waals surface area contributed by atoms with Crippen LogP contribution in [0.2, 0.25) is 0 Å². The van der Waals surface area contributed by atoms with Crippen LogP contribution in [0.1, 0.15) is 43.6 Å². The molecule has 0 aliphatic carbocycles. The molecule has 7 heteroatoms. The van der Waals surface area contributed by atoms with Crippen molar-refractivity contribution in [3.05, 3.63) is 59.4 Å². The molecule has 0 bridgehead atoms. The number of amides is 1. The Kier molecular flexibility index (Phi) is 6.96. The van der Waals surface area contributed by atoms with E-state index < -0.39 is 21.7 Å². The standard InChI is InChI=1S/C21H27FN2O3S/c1-6-23(7-2)28(26,27)17-12-13-19(22)18(14-17)21(25)24(15(3)4)20-11-9-8-10-16(20)5/h8-15H,6-7H2,1-5H3. The number of carbonyl (C=O) groups excluding carboxylic acids is 1. The second-order valence-corrected chi connectivity index (χ2v) is 8.72. The van der Waals surface area contributed by atoms with Crippen molar-refractivity contribution < 1.29 is 17.6 Å². The second kappa shape index (κ2) is 8.84. The van der Waals surface area contributed by atoms with Gasteiger partial charge in [0.05, 0.1) is 10.5 Å². The van der Waals surface area contributed by atoms with E-state index in [4.69, 9.17) is 0 Å². The van der Waals surface area contributed by atoms with E-state index in [0.29, 0.717) is 18.8 Å². The molecular weight excluding hydrogens is 379 g/mol. The highest BCUT2D eigenvalue weighted by atomic mass is 32.2. The minimum atomic E-state index is -3.80. The van der Waals surface area contributed by atoms with Crippen molar-refractivity contribution in [2.24, 2.45) is 0 Å². The van der Waals surface area contributed by atoms with E-state index in [9.17, 15) is 17.6 Å². The summed E-state index contributed by atoms with van der Waals surface area (Å²) >= 11 is 0. The maximum absolute atomic E-state index is 14.6. The zero-order valence-electron chi connectivity index (χ0n) is 16.9. The Morgan fingerprint density at radius 1 is 1.07 bits per heavy atom. The molecule has 0 unspecified atom stereocenters. The Hall–Kier alpha value is -2.25. The van der Waals surface area contributed by atoms with Gasteiger partial charge in [-0.3, -0.25) is 4.79 Å². The highest BCUT2D eigenvalue weighted by Crippen LogP contribution is 2.26. The maximum atomic E-state index is 14.6. The van der Waals surface area contributed by atoms with Gasteiger partial charge in [0.25, 0.3) is 5.91 Å². The van der Waals surface area contributed by atoms with Gasteiger partial charge in [-0.05, 0) is 50.6 Å². The van der Waals surface area contributed by atoms with E-state index in [1.54, 1.807) is 19.9 Å². The van der Waals surface area contributed by atoms with Gasteiger partial charge in [-0.2, -0.15) is 4.31 Å². The summed E-state index contributed by atoms with van der Waals surface area (Å²) in [6.45, 7) is 9.58. The number of anilines is 1. The summed E-state index contributed by atoms with van der Waals surface area (Å²) in [6, 6.07) is 10.5. The summed E-state index contributed by atoms with van der Waals surface area (Å²) in [5.41, 5.74) is 1.28. The molecule has 1 amide bonds. The van der Waals surface area contributed by atoms with Gasteiger partial charge in [0.2, 0.25) is 10.0 Å². The van der Waals surface area contributed by atoms with Gasteiger partial charge < -0.3 is 4.90 Å². The zero-order valence-corrected chi connectivity index (χ0v) is 17.8. The van der Waals surface area contributed by atoms with Gasteiger partial charge >= 0.3 is 0 Å². The molecule has 0 saturated carbocycles. The normalized spacial score (nSPS) is 11.9. The zero-order chi connectivity index (χ0) is 21.1. The molecule has 0 atom stereocenters. The molecule has 0 saturated heterocycles. The van der Waals surface area contributed by atoms with Gasteiger partial charge in [0, 0.05) is 24.8 Å². The Morgan fingerprint density at radius 2 is 1.68 bits per heavy atom. The minimum absolute atomic E-state index is 0.0885. The van der Waals surface area contributed by atoms with E-state index in [1.165, 1.54) is 15.3 Å². The summed E-state index contributed by atoms with van der Waals surface area (Å²) < 4.78 is 41.4. The molecular formula is C21H27FN2O3S. The predicted octanol–water partition coefficient (Wildman–Crippen LogP) is 4.22. The monoisotopic (exact) mass is 406 g/mol. The highest BCUT2D eigenvalue weighted by Gasteiger charge is 2.28. The third-order valence-electron chi connectivity index (χ3n) is 4.62. The van der Waals surface area contributed by atoms with Gasteiger partial charge in [0.15, 0.2) is 0 Å². The number of hydrogen-bond acceptors (Lipinski definition) is 3. The lowest BCUT2D eigenvalue weighted by Crippen LogP contribution is -2.38. The quantitative estimate of drug-likeness (QED) is 0.692. The smallest absolute Gasteiger partial charge is 0.261 e. The number of aryl methyl sites for hydroxylation is 1. The molecule has 28 heavy (non-hydrogen) atoms. The van der Waals surface area contributed by atoms with Gasteiger partial charge in [0.1, 0.15) is 5.82 Å². The van der Waals surface area contributed by atoms with Crippen molar-refractivity contribution in [3.63, 3.8) is 0 Å². The molecule has 2 aromatic carbocycles. The third-order valence-corrected chi connectivity index (χ3v) is 6.67. The van der Waals surface area contributed by atoms with Crippen LogP contribution in [0, 0.1) is 12.7 Å². The lowest BCUT2D eigenvalue weighted by atomic mass is 10.1. The summed E-state index contributed by atoms with van der Waals surface area (Å²) in [6.07, 6.45) is 0. The van der Waals surface area contributed by atoms with Crippen LogP contribution in [0.3, 0.4) is 0 Å². The third kappa shape index (κ3) is 4.25.